The third-order valence-corrected chi connectivity index (χ3v) is 5.06. The predicted molar refractivity (Wildman–Crippen MR) is 83.3 cm³/mol. The fourth-order valence-electron chi connectivity index (χ4n) is 2.79. The Bertz CT molecular complexity index is 576. The van der Waals surface area contributed by atoms with Crippen LogP contribution >= 0.6 is 22.9 Å². The van der Waals surface area contributed by atoms with Gasteiger partial charge in [-0.3, -0.25) is 0 Å². The molecule has 0 fully saturated rings. The number of thiophene rings is 1. The molecule has 3 heteroatoms. The summed E-state index contributed by atoms with van der Waals surface area (Å²) in [5.41, 5.74) is 4.38. The molecule has 0 aliphatic heterocycles. The Hall–Kier alpha value is -0.830. The van der Waals surface area contributed by atoms with Gasteiger partial charge in [0.25, 0.3) is 0 Å². The molecule has 0 saturated carbocycles. The zero-order valence-corrected chi connectivity index (χ0v) is 12.7. The van der Waals surface area contributed by atoms with Crippen LogP contribution in [0.2, 0.25) is 4.34 Å². The summed E-state index contributed by atoms with van der Waals surface area (Å²) in [5, 5.41) is 3.69. The third-order valence-electron chi connectivity index (χ3n) is 3.77. The molecular formula is C16H18ClNS. The molecule has 1 atom stereocenters. The summed E-state index contributed by atoms with van der Waals surface area (Å²) >= 11 is 7.63. The Morgan fingerprint density at radius 1 is 1.32 bits per heavy atom. The molecule has 1 aliphatic rings. The van der Waals surface area contributed by atoms with E-state index in [1.165, 1.54) is 34.4 Å². The zero-order chi connectivity index (χ0) is 13.2. The zero-order valence-electron chi connectivity index (χ0n) is 11.1. The molecule has 1 nitrogen and oxygen atoms in total. The van der Waals surface area contributed by atoms with Crippen molar-refractivity contribution in [1.82, 2.24) is 5.32 Å². The quantitative estimate of drug-likeness (QED) is 0.873. The molecule has 0 spiro atoms. The van der Waals surface area contributed by atoms with Crippen LogP contribution in [-0.2, 0) is 12.8 Å². The number of hydrogen-bond acceptors (Lipinski definition) is 2. The van der Waals surface area contributed by atoms with Gasteiger partial charge in [0, 0.05) is 17.5 Å². The second-order valence-corrected chi connectivity index (χ2v) is 7.00. The molecule has 1 heterocycles. The Kier molecular flexibility index (Phi) is 3.92. The lowest BCUT2D eigenvalue weighted by atomic mass is 10.1. The van der Waals surface area contributed by atoms with Crippen molar-refractivity contribution in [3.8, 4) is 0 Å². The summed E-state index contributed by atoms with van der Waals surface area (Å²) in [6.45, 7) is 3.19. The molecule has 1 aromatic carbocycles. The largest absolute Gasteiger partial charge is 0.310 e. The van der Waals surface area contributed by atoms with Gasteiger partial charge in [-0.1, -0.05) is 35.4 Å². The van der Waals surface area contributed by atoms with Crippen molar-refractivity contribution in [2.75, 3.05) is 6.54 Å². The van der Waals surface area contributed by atoms with Crippen LogP contribution in [0, 0.1) is 6.92 Å². The third kappa shape index (κ3) is 3.02. The van der Waals surface area contributed by atoms with Gasteiger partial charge >= 0.3 is 0 Å². The van der Waals surface area contributed by atoms with Crippen LogP contribution in [0.15, 0.2) is 30.3 Å². The smallest absolute Gasteiger partial charge is 0.0931 e. The molecule has 1 unspecified atom stereocenters. The van der Waals surface area contributed by atoms with Crippen LogP contribution in [-0.4, -0.2) is 6.54 Å². The maximum Gasteiger partial charge on any atom is 0.0931 e. The molecular weight excluding hydrogens is 274 g/mol. The molecule has 0 saturated heterocycles. The minimum absolute atomic E-state index is 0.533. The van der Waals surface area contributed by atoms with Crippen LogP contribution in [0.5, 0.6) is 0 Å². The summed E-state index contributed by atoms with van der Waals surface area (Å²) in [6, 6.07) is 11.5. The van der Waals surface area contributed by atoms with Crippen molar-refractivity contribution in [3.05, 3.63) is 56.2 Å². The van der Waals surface area contributed by atoms with E-state index < -0.39 is 0 Å². The van der Waals surface area contributed by atoms with Gasteiger partial charge in [0.15, 0.2) is 0 Å². The Labute approximate surface area is 123 Å². The monoisotopic (exact) mass is 291 g/mol. The van der Waals surface area contributed by atoms with Gasteiger partial charge in [-0.05, 0) is 49.4 Å². The summed E-state index contributed by atoms with van der Waals surface area (Å²) in [7, 11) is 0. The number of fused-ring (bicyclic) bond motifs is 1. The summed E-state index contributed by atoms with van der Waals surface area (Å²) in [6.07, 6.45) is 3.50. The number of nitrogens with one attached hydrogen (secondary N) is 1. The number of halogens is 1. The lowest BCUT2D eigenvalue weighted by Crippen LogP contribution is -2.21. The average molecular weight is 292 g/mol. The average Bonchev–Trinajstić information content (AvgIpc) is 2.97. The highest BCUT2D eigenvalue weighted by Gasteiger charge is 2.21. The Morgan fingerprint density at radius 3 is 3.00 bits per heavy atom. The van der Waals surface area contributed by atoms with E-state index in [1.54, 1.807) is 11.3 Å². The Morgan fingerprint density at radius 2 is 2.21 bits per heavy atom. The molecule has 1 N–H and O–H groups in total. The number of rotatable bonds is 4. The van der Waals surface area contributed by atoms with Crippen LogP contribution in [0.4, 0.5) is 0 Å². The first kappa shape index (κ1) is 13.2. The van der Waals surface area contributed by atoms with E-state index in [0.29, 0.717) is 6.04 Å². The highest BCUT2D eigenvalue weighted by molar-refractivity contribution is 7.16. The van der Waals surface area contributed by atoms with E-state index in [9.17, 15) is 0 Å². The first-order chi connectivity index (χ1) is 9.22. The minimum atomic E-state index is 0.533. The number of benzene rings is 1. The highest BCUT2D eigenvalue weighted by atomic mass is 35.5. The lowest BCUT2D eigenvalue weighted by molar-refractivity contribution is 0.535. The van der Waals surface area contributed by atoms with Gasteiger partial charge < -0.3 is 5.32 Å². The number of aryl methyl sites for hydroxylation is 2. The van der Waals surface area contributed by atoms with Crippen molar-refractivity contribution in [3.63, 3.8) is 0 Å². The van der Waals surface area contributed by atoms with E-state index in [-0.39, 0.29) is 0 Å². The van der Waals surface area contributed by atoms with E-state index in [4.69, 9.17) is 11.6 Å². The first-order valence-electron chi connectivity index (χ1n) is 6.79. The van der Waals surface area contributed by atoms with Crippen LogP contribution in [0.25, 0.3) is 0 Å². The standard InChI is InChI=1S/C16H18ClNS/c1-11-2-3-12-4-6-15(14(12)10-11)18-9-8-13-5-7-16(17)19-13/h2-3,5,7,10,15,18H,4,6,8-9H2,1H3. The van der Waals surface area contributed by atoms with Gasteiger partial charge in [-0.25, -0.2) is 0 Å². The molecule has 3 rings (SSSR count). The van der Waals surface area contributed by atoms with E-state index in [1.807, 2.05) is 6.07 Å². The molecule has 1 aromatic heterocycles. The van der Waals surface area contributed by atoms with E-state index in [2.05, 4.69) is 36.5 Å². The second-order valence-electron chi connectivity index (χ2n) is 5.20. The molecule has 0 amide bonds. The van der Waals surface area contributed by atoms with Crippen LogP contribution < -0.4 is 5.32 Å². The summed E-state index contributed by atoms with van der Waals surface area (Å²) < 4.78 is 0.886. The fourth-order valence-corrected chi connectivity index (χ4v) is 3.88. The first-order valence-corrected chi connectivity index (χ1v) is 7.99. The fraction of sp³-hybridized carbons (Fsp3) is 0.375. The SMILES string of the molecule is Cc1ccc2c(c1)C(NCCc1ccc(Cl)s1)CC2. The molecule has 19 heavy (non-hydrogen) atoms. The normalized spacial score (nSPS) is 17.7. The topological polar surface area (TPSA) is 12.0 Å². The van der Waals surface area contributed by atoms with Crippen LogP contribution in [0.3, 0.4) is 0 Å². The Balaban J connectivity index is 1.59. The van der Waals surface area contributed by atoms with Crippen molar-refractivity contribution in [2.45, 2.75) is 32.2 Å². The van der Waals surface area contributed by atoms with Crippen molar-refractivity contribution < 1.29 is 0 Å². The van der Waals surface area contributed by atoms with Gasteiger partial charge in [-0.2, -0.15) is 0 Å². The number of hydrogen-bond donors (Lipinski definition) is 1. The van der Waals surface area contributed by atoms with Crippen LogP contribution in [0.1, 0.15) is 34.0 Å². The molecule has 0 radical (unpaired) electrons. The van der Waals surface area contributed by atoms with Gasteiger partial charge in [0.2, 0.25) is 0 Å². The van der Waals surface area contributed by atoms with E-state index in [0.717, 1.165) is 17.3 Å². The van der Waals surface area contributed by atoms with Crippen molar-refractivity contribution in [2.24, 2.45) is 0 Å². The molecule has 100 valence electrons. The van der Waals surface area contributed by atoms with Crippen molar-refractivity contribution >= 4 is 22.9 Å². The summed E-state index contributed by atoms with van der Waals surface area (Å²) in [4.78, 5) is 1.36. The second kappa shape index (κ2) is 5.66. The van der Waals surface area contributed by atoms with Gasteiger partial charge in [0.05, 0.1) is 4.34 Å². The lowest BCUT2D eigenvalue weighted by Gasteiger charge is -2.14. The predicted octanol–water partition coefficient (Wildman–Crippen LogP) is 4.53. The molecule has 2 aromatic rings. The molecule has 0 bridgehead atoms. The maximum absolute atomic E-state index is 5.95. The minimum Gasteiger partial charge on any atom is -0.310 e. The highest BCUT2D eigenvalue weighted by Crippen LogP contribution is 2.31. The summed E-state index contributed by atoms with van der Waals surface area (Å²) in [5.74, 6) is 0. The maximum atomic E-state index is 5.95. The van der Waals surface area contributed by atoms with E-state index >= 15 is 0 Å². The molecule has 1 aliphatic carbocycles. The van der Waals surface area contributed by atoms with Gasteiger partial charge in [0.1, 0.15) is 0 Å². The van der Waals surface area contributed by atoms with Crippen molar-refractivity contribution in [1.29, 1.82) is 0 Å². The van der Waals surface area contributed by atoms with Gasteiger partial charge in [-0.15, -0.1) is 11.3 Å².